The number of hydrogen-bond donors (Lipinski definition) is 2. The second-order valence-corrected chi connectivity index (χ2v) is 2.81. The lowest BCUT2D eigenvalue weighted by Gasteiger charge is -1.97. The van der Waals surface area contributed by atoms with Crippen molar-refractivity contribution < 1.29 is 9.52 Å². The number of rotatable bonds is 0. The Kier molecular flexibility index (Phi) is 1.36. The standard InChI is InChI=1S/C8H8N2O3/c1-10-5-3-6(11)4(9)2-7(5)13-8(10)12/h2-3,11H,9H2,1H3. The van der Waals surface area contributed by atoms with E-state index in [9.17, 15) is 9.90 Å². The Labute approximate surface area is 73.0 Å². The first kappa shape index (κ1) is 7.72. The third-order valence-electron chi connectivity index (χ3n) is 1.94. The van der Waals surface area contributed by atoms with Crippen LogP contribution in [0.1, 0.15) is 0 Å². The number of hydrogen-bond acceptors (Lipinski definition) is 4. The van der Waals surface area contributed by atoms with Crippen LogP contribution < -0.4 is 11.5 Å². The number of benzene rings is 1. The number of nitrogens with two attached hydrogens (primary N) is 1. The van der Waals surface area contributed by atoms with E-state index in [0.29, 0.717) is 11.1 Å². The first-order chi connectivity index (χ1) is 6.09. The van der Waals surface area contributed by atoms with Gasteiger partial charge < -0.3 is 15.3 Å². The van der Waals surface area contributed by atoms with Crippen molar-refractivity contribution in [2.75, 3.05) is 5.73 Å². The number of oxazole rings is 1. The number of phenolic OH excluding ortho intramolecular Hbond substituents is 1. The van der Waals surface area contributed by atoms with Crippen LogP contribution in [-0.4, -0.2) is 9.67 Å². The molecule has 2 rings (SSSR count). The van der Waals surface area contributed by atoms with E-state index in [4.69, 9.17) is 10.2 Å². The lowest BCUT2D eigenvalue weighted by atomic mass is 10.2. The maximum Gasteiger partial charge on any atom is 0.419 e. The third kappa shape index (κ3) is 0.970. The van der Waals surface area contributed by atoms with Crippen molar-refractivity contribution in [3.8, 4) is 5.75 Å². The molecule has 0 saturated heterocycles. The maximum atomic E-state index is 11.0. The van der Waals surface area contributed by atoms with Gasteiger partial charge in [-0.1, -0.05) is 0 Å². The van der Waals surface area contributed by atoms with Gasteiger partial charge in [-0.25, -0.2) is 4.79 Å². The van der Waals surface area contributed by atoms with Gasteiger partial charge >= 0.3 is 5.76 Å². The third-order valence-corrected chi connectivity index (χ3v) is 1.94. The molecule has 0 fully saturated rings. The molecule has 0 bridgehead atoms. The number of fused-ring (bicyclic) bond motifs is 1. The highest BCUT2D eigenvalue weighted by atomic mass is 16.4. The fourth-order valence-corrected chi connectivity index (χ4v) is 1.18. The van der Waals surface area contributed by atoms with Crippen LogP contribution in [0, 0.1) is 0 Å². The summed E-state index contributed by atoms with van der Waals surface area (Å²) in [6.45, 7) is 0. The van der Waals surface area contributed by atoms with E-state index in [2.05, 4.69) is 0 Å². The molecule has 3 N–H and O–H groups in total. The van der Waals surface area contributed by atoms with Crippen molar-refractivity contribution in [1.82, 2.24) is 4.57 Å². The van der Waals surface area contributed by atoms with Gasteiger partial charge in [0.25, 0.3) is 0 Å². The normalized spacial score (nSPS) is 10.8. The quantitative estimate of drug-likeness (QED) is 0.454. The summed E-state index contributed by atoms with van der Waals surface area (Å²) in [4.78, 5) is 11.0. The highest BCUT2D eigenvalue weighted by Crippen LogP contribution is 2.25. The summed E-state index contributed by atoms with van der Waals surface area (Å²) in [5.74, 6) is -0.524. The Morgan fingerprint density at radius 1 is 1.54 bits per heavy atom. The van der Waals surface area contributed by atoms with Gasteiger partial charge in [0.15, 0.2) is 5.58 Å². The molecule has 1 aromatic carbocycles. The van der Waals surface area contributed by atoms with Crippen LogP contribution in [0.3, 0.4) is 0 Å². The second kappa shape index (κ2) is 2.29. The number of aromatic nitrogens is 1. The van der Waals surface area contributed by atoms with Crippen LogP contribution in [0.25, 0.3) is 11.1 Å². The minimum atomic E-state index is -0.472. The molecule has 0 spiro atoms. The molecule has 0 saturated carbocycles. The summed E-state index contributed by atoms with van der Waals surface area (Å²) in [6, 6.07) is 2.82. The highest BCUT2D eigenvalue weighted by Gasteiger charge is 2.08. The molecule has 1 heterocycles. The molecule has 5 nitrogen and oxygen atoms in total. The molecule has 1 aromatic heterocycles. The lowest BCUT2D eigenvalue weighted by molar-refractivity contribution is 0.478. The first-order valence-corrected chi connectivity index (χ1v) is 3.67. The van der Waals surface area contributed by atoms with Crippen molar-refractivity contribution >= 4 is 16.8 Å². The molecule has 13 heavy (non-hydrogen) atoms. The summed E-state index contributed by atoms with van der Waals surface area (Å²) in [5.41, 5.74) is 6.52. The van der Waals surface area contributed by atoms with Crippen molar-refractivity contribution in [3.63, 3.8) is 0 Å². The van der Waals surface area contributed by atoms with Crippen molar-refractivity contribution in [1.29, 1.82) is 0 Å². The molecule has 2 aromatic rings. The molecule has 0 aliphatic carbocycles. The van der Waals surface area contributed by atoms with Crippen LogP contribution in [0.5, 0.6) is 5.75 Å². The van der Waals surface area contributed by atoms with E-state index in [1.165, 1.54) is 16.7 Å². The van der Waals surface area contributed by atoms with E-state index >= 15 is 0 Å². The number of anilines is 1. The van der Waals surface area contributed by atoms with Gasteiger partial charge in [0, 0.05) is 19.2 Å². The van der Waals surface area contributed by atoms with E-state index in [-0.39, 0.29) is 11.4 Å². The van der Waals surface area contributed by atoms with Crippen molar-refractivity contribution in [2.24, 2.45) is 7.05 Å². The summed E-state index contributed by atoms with van der Waals surface area (Å²) in [6.07, 6.45) is 0. The molecule has 68 valence electrons. The zero-order valence-corrected chi connectivity index (χ0v) is 6.94. The van der Waals surface area contributed by atoms with E-state index in [0.717, 1.165) is 0 Å². The molecule has 0 unspecified atom stereocenters. The fourth-order valence-electron chi connectivity index (χ4n) is 1.18. The number of nitrogens with zero attached hydrogens (tertiary/aromatic N) is 1. The van der Waals surface area contributed by atoms with E-state index in [1.54, 1.807) is 7.05 Å². The van der Waals surface area contributed by atoms with Gasteiger partial charge in [0.05, 0.1) is 11.2 Å². The summed E-state index contributed by atoms with van der Waals surface area (Å²) < 4.78 is 6.15. The van der Waals surface area contributed by atoms with Gasteiger partial charge in [0.1, 0.15) is 5.75 Å². The SMILES string of the molecule is Cn1c(=O)oc2cc(N)c(O)cc21. The molecule has 5 heteroatoms. The van der Waals surface area contributed by atoms with Crippen LogP contribution in [0.15, 0.2) is 21.3 Å². The van der Waals surface area contributed by atoms with Crippen LogP contribution in [0.2, 0.25) is 0 Å². The topological polar surface area (TPSA) is 81.4 Å². The minimum Gasteiger partial charge on any atom is -0.506 e. The minimum absolute atomic E-state index is 0.0519. The van der Waals surface area contributed by atoms with Gasteiger partial charge in [-0.05, 0) is 0 Å². The van der Waals surface area contributed by atoms with E-state index < -0.39 is 5.76 Å². The number of aromatic hydroxyl groups is 1. The summed E-state index contributed by atoms with van der Waals surface area (Å²) >= 11 is 0. The van der Waals surface area contributed by atoms with Crippen LogP contribution in [-0.2, 0) is 7.05 Å². The molecule has 0 aliphatic heterocycles. The molecular weight excluding hydrogens is 172 g/mol. The average molecular weight is 180 g/mol. The van der Waals surface area contributed by atoms with Crippen molar-refractivity contribution in [3.05, 3.63) is 22.7 Å². The average Bonchev–Trinajstić information content (AvgIpc) is 2.32. The Morgan fingerprint density at radius 2 is 2.23 bits per heavy atom. The number of phenols is 1. The van der Waals surface area contributed by atoms with Gasteiger partial charge in [0.2, 0.25) is 0 Å². The monoisotopic (exact) mass is 180 g/mol. The largest absolute Gasteiger partial charge is 0.506 e. The summed E-state index contributed by atoms with van der Waals surface area (Å²) in [7, 11) is 1.56. The fraction of sp³-hybridized carbons (Fsp3) is 0.125. The zero-order valence-electron chi connectivity index (χ0n) is 6.94. The lowest BCUT2D eigenvalue weighted by Crippen LogP contribution is -2.08. The predicted molar refractivity (Wildman–Crippen MR) is 47.5 cm³/mol. The maximum absolute atomic E-state index is 11.0. The molecule has 0 amide bonds. The first-order valence-electron chi connectivity index (χ1n) is 3.67. The van der Waals surface area contributed by atoms with Crippen LogP contribution >= 0.6 is 0 Å². The number of aryl methyl sites for hydroxylation is 1. The van der Waals surface area contributed by atoms with Gasteiger partial charge in [-0.3, -0.25) is 4.57 Å². The summed E-state index contributed by atoms with van der Waals surface area (Å²) in [5, 5.41) is 9.27. The van der Waals surface area contributed by atoms with E-state index in [1.807, 2.05) is 0 Å². The Balaban J connectivity index is 2.97. The second-order valence-electron chi connectivity index (χ2n) is 2.81. The van der Waals surface area contributed by atoms with Crippen molar-refractivity contribution in [2.45, 2.75) is 0 Å². The zero-order chi connectivity index (χ0) is 9.59. The highest BCUT2D eigenvalue weighted by molar-refractivity contribution is 5.80. The molecule has 0 atom stereocenters. The predicted octanol–water partition coefficient (Wildman–Crippen LogP) is 0.419. The van der Waals surface area contributed by atoms with Gasteiger partial charge in [-0.15, -0.1) is 0 Å². The Hall–Kier alpha value is -1.91. The smallest absolute Gasteiger partial charge is 0.419 e. The molecule has 0 radical (unpaired) electrons. The van der Waals surface area contributed by atoms with Gasteiger partial charge in [-0.2, -0.15) is 0 Å². The van der Waals surface area contributed by atoms with Crippen LogP contribution in [0.4, 0.5) is 5.69 Å². The molecular formula is C8H8N2O3. The number of nitrogen functional groups attached to an aromatic ring is 1. The molecule has 0 aliphatic rings. The Bertz CT molecular complexity index is 524. The Morgan fingerprint density at radius 3 is 2.92 bits per heavy atom.